The van der Waals surface area contributed by atoms with E-state index < -0.39 is 15.8 Å². The van der Waals surface area contributed by atoms with Gasteiger partial charge >= 0.3 is 0 Å². The Kier molecular flexibility index (Phi) is 6.20. The third-order valence-electron chi connectivity index (χ3n) is 2.25. The Morgan fingerprint density at radius 3 is 2.72 bits per heavy atom. The maximum Gasteiger partial charge on any atom is 0.241 e. The van der Waals surface area contributed by atoms with Gasteiger partial charge in [-0.3, -0.25) is 0 Å². The summed E-state index contributed by atoms with van der Waals surface area (Å²) in [7, 11) is -2.00. The maximum absolute atomic E-state index is 12.9. The molecule has 1 aromatic carbocycles. The normalized spacial score (nSPS) is 11.7. The fourth-order valence-corrected chi connectivity index (χ4v) is 3.47. The molecule has 0 aliphatic heterocycles. The number of rotatable bonds is 7. The summed E-state index contributed by atoms with van der Waals surface area (Å²) >= 11 is 3.04. The van der Waals surface area contributed by atoms with Gasteiger partial charge in [-0.2, -0.15) is 0 Å². The third kappa shape index (κ3) is 4.64. The lowest BCUT2D eigenvalue weighted by molar-refractivity contribution is 0.193. The highest BCUT2D eigenvalue weighted by molar-refractivity contribution is 9.10. The van der Waals surface area contributed by atoms with Crippen LogP contribution in [-0.2, 0) is 14.8 Å². The Morgan fingerprint density at radius 1 is 1.39 bits per heavy atom. The second-order valence-electron chi connectivity index (χ2n) is 3.67. The molecule has 0 heterocycles. The molecule has 1 aromatic rings. The monoisotopic (exact) mass is 339 g/mol. The molecule has 7 heteroatoms. The van der Waals surface area contributed by atoms with Crippen LogP contribution in [0.4, 0.5) is 4.39 Å². The van der Waals surface area contributed by atoms with Gasteiger partial charge in [-0.15, -0.1) is 0 Å². The number of ether oxygens (including phenoxy) is 1. The molecule has 0 bridgehead atoms. The van der Waals surface area contributed by atoms with Crippen LogP contribution < -0.4 is 4.72 Å². The van der Waals surface area contributed by atoms with Crippen molar-refractivity contribution in [3.63, 3.8) is 0 Å². The average molecular weight is 340 g/mol. The number of benzene rings is 1. The third-order valence-corrected chi connectivity index (χ3v) is 4.69. The standard InChI is InChI=1S/C11H15BrFNO3S/c1-17-7-3-2-6-14-18(15,16)11-5-4-9(13)8-10(11)12/h4-5,8,14H,2-3,6-7H2,1H3. The quantitative estimate of drug-likeness (QED) is 0.775. The minimum atomic E-state index is -3.60. The Bertz CT molecular complexity index is 493. The molecule has 1 N–H and O–H groups in total. The number of methoxy groups -OCH3 is 1. The number of halogens is 2. The van der Waals surface area contributed by atoms with Gasteiger partial charge in [0, 0.05) is 24.7 Å². The van der Waals surface area contributed by atoms with Crippen molar-refractivity contribution in [3.8, 4) is 0 Å². The molecule has 0 aliphatic rings. The van der Waals surface area contributed by atoms with Gasteiger partial charge in [0.2, 0.25) is 10.0 Å². The first-order valence-corrected chi connectivity index (χ1v) is 7.68. The molecule has 0 unspecified atom stereocenters. The molecule has 0 saturated carbocycles. The van der Waals surface area contributed by atoms with Crippen molar-refractivity contribution in [2.24, 2.45) is 0 Å². The van der Waals surface area contributed by atoms with Crippen molar-refractivity contribution in [2.75, 3.05) is 20.3 Å². The van der Waals surface area contributed by atoms with Crippen molar-refractivity contribution < 1.29 is 17.5 Å². The van der Waals surface area contributed by atoms with Gasteiger partial charge in [0.15, 0.2) is 0 Å². The fourth-order valence-electron chi connectivity index (χ4n) is 1.35. The molecular weight excluding hydrogens is 325 g/mol. The highest BCUT2D eigenvalue weighted by atomic mass is 79.9. The number of hydrogen-bond acceptors (Lipinski definition) is 3. The van der Waals surface area contributed by atoms with Crippen molar-refractivity contribution in [1.29, 1.82) is 0 Å². The van der Waals surface area contributed by atoms with Crippen LogP contribution in [0.15, 0.2) is 27.6 Å². The SMILES string of the molecule is COCCCCNS(=O)(=O)c1ccc(F)cc1Br. The Labute approximate surface area is 115 Å². The van der Waals surface area contributed by atoms with Crippen LogP contribution in [0.5, 0.6) is 0 Å². The average Bonchev–Trinajstić information content (AvgIpc) is 2.28. The van der Waals surface area contributed by atoms with Gasteiger partial charge in [-0.1, -0.05) is 0 Å². The molecule has 0 fully saturated rings. The molecule has 18 heavy (non-hydrogen) atoms. The molecule has 0 radical (unpaired) electrons. The highest BCUT2D eigenvalue weighted by Crippen LogP contribution is 2.22. The molecule has 0 aromatic heterocycles. The molecule has 0 aliphatic carbocycles. The van der Waals surface area contributed by atoms with Crippen molar-refractivity contribution in [3.05, 3.63) is 28.5 Å². The summed E-state index contributed by atoms with van der Waals surface area (Å²) in [4.78, 5) is 0.0376. The Hall–Kier alpha value is -0.500. The lowest BCUT2D eigenvalue weighted by atomic mass is 10.3. The van der Waals surface area contributed by atoms with Gasteiger partial charge in [-0.05, 0) is 47.0 Å². The molecule has 102 valence electrons. The van der Waals surface area contributed by atoms with Gasteiger partial charge in [-0.25, -0.2) is 17.5 Å². The minimum absolute atomic E-state index is 0.0376. The van der Waals surface area contributed by atoms with Gasteiger partial charge in [0.05, 0.1) is 4.90 Å². The van der Waals surface area contributed by atoms with E-state index in [0.717, 1.165) is 18.6 Å². The summed E-state index contributed by atoms with van der Waals surface area (Å²) in [5.74, 6) is -0.485. The van der Waals surface area contributed by atoms with Crippen LogP contribution in [0.2, 0.25) is 0 Å². The number of sulfonamides is 1. The van der Waals surface area contributed by atoms with E-state index in [1.54, 1.807) is 7.11 Å². The topological polar surface area (TPSA) is 55.4 Å². The van der Waals surface area contributed by atoms with Crippen LogP contribution in [0, 0.1) is 5.82 Å². The Morgan fingerprint density at radius 2 is 2.11 bits per heavy atom. The van der Waals surface area contributed by atoms with Crippen LogP contribution in [0.3, 0.4) is 0 Å². The van der Waals surface area contributed by atoms with E-state index >= 15 is 0 Å². The van der Waals surface area contributed by atoms with Crippen LogP contribution >= 0.6 is 15.9 Å². The molecular formula is C11H15BrFNO3S. The zero-order valence-corrected chi connectivity index (χ0v) is 12.4. The Balaban J connectivity index is 2.63. The lowest BCUT2D eigenvalue weighted by Crippen LogP contribution is -2.25. The summed E-state index contributed by atoms with van der Waals surface area (Å²) in [6.45, 7) is 0.928. The lowest BCUT2D eigenvalue weighted by Gasteiger charge is -2.08. The first kappa shape index (κ1) is 15.6. The zero-order chi connectivity index (χ0) is 13.6. The van der Waals surface area contributed by atoms with E-state index in [4.69, 9.17) is 4.74 Å². The van der Waals surface area contributed by atoms with Gasteiger partial charge in [0.25, 0.3) is 0 Å². The number of hydrogen-bond donors (Lipinski definition) is 1. The summed E-state index contributed by atoms with van der Waals surface area (Å²) in [6.07, 6.45) is 1.47. The van der Waals surface area contributed by atoms with E-state index in [0.29, 0.717) is 19.6 Å². The molecule has 0 spiro atoms. The largest absolute Gasteiger partial charge is 0.385 e. The van der Waals surface area contributed by atoms with Crippen molar-refractivity contribution in [1.82, 2.24) is 4.72 Å². The highest BCUT2D eigenvalue weighted by Gasteiger charge is 2.17. The smallest absolute Gasteiger partial charge is 0.241 e. The molecule has 0 atom stereocenters. The summed E-state index contributed by atoms with van der Waals surface area (Å²) < 4.78 is 44.2. The summed E-state index contributed by atoms with van der Waals surface area (Å²) in [5.41, 5.74) is 0. The van der Waals surface area contributed by atoms with Crippen molar-refractivity contribution in [2.45, 2.75) is 17.7 Å². The second-order valence-corrected chi connectivity index (χ2v) is 6.26. The van der Waals surface area contributed by atoms with E-state index in [9.17, 15) is 12.8 Å². The van der Waals surface area contributed by atoms with E-state index in [1.165, 1.54) is 6.07 Å². The van der Waals surface area contributed by atoms with E-state index in [2.05, 4.69) is 20.7 Å². The maximum atomic E-state index is 12.9. The fraction of sp³-hybridized carbons (Fsp3) is 0.455. The molecule has 0 saturated heterocycles. The molecule has 0 amide bonds. The zero-order valence-electron chi connectivity index (χ0n) is 9.95. The summed E-state index contributed by atoms with van der Waals surface area (Å²) in [5, 5.41) is 0. The number of unbranched alkanes of at least 4 members (excludes halogenated alkanes) is 1. The predicted octanol–water partition coefficient (Wildman–Crippen LogP) is 2.29. The van der Waals surface area contributed by atoms with Gasteiger partial charge < -0.3 is 4.74 Å². The number of nitrogens with one attached hydrogen (secondary N) is 1. The first-order chi connectivity index (χ1) is 8.47. The van der Waals surface area contributed by atoms with Crippen molar-refractivity contribution >= 4 is 26.0 Å². The first-order valence-electron chi connectivity index (χ1n) is 5.41. The molecule has 4 nitrogen and oxygen atoms in total. The second kappa shape index (κ2) is 7.18. The summed E-state index contributed by atoms with van der Waals surface area (Å²) in [6, 6.07) is 3.47. The van der Waals surface area contributed by atoms with E-state index in [-0.39, 0.29) is 9.37 Å². The predicted molar refractivity (Wildman–Crippen MR) is 70.4 cm³/mol. The minimum Gasteiger partial charge on any atom is -0.385 e. The van der Waals surface area contributed by atoms with Crippen LogP contribution in [-0.4, -0.2) is 28.7 Å². The van der Waals surface area contributed by atoms with Crippen LogP contribution in [0.25, 0.3) is 0 Å². The van der Waals surface area contributed by atoms with Crippen LogP contribution in [0.1, 0.15) is 12.8 Å². The van der Waals surface area contributed by atoms with Gasteiger partial charge in [0.1, 0.15) is 5.82 Å². The van der Waals surface area contributed by atoms with E-state index in [1.807, 2.05) is 0 Å². The molecule has 1 rings (SSSR count).